The number of hydrogen-bond donors (Lipinski definition) is 2. The monoisotopic (exact) mass is 380 g/mol. The first-order chi connectivity index (χ1) is 14.2. The topological polar surface area (TPSA) is 57.9 Å². The minimum absolute atomic E-state index is 0.483. The second kappa shape index (κ2) is 7.22. The van der Waals surface area contributed by atoms with Crippen LogP contribution in [0.3, 0.4) is 0 Å². The van der Waals surface area contributed by atoms with Gasteiger partial charge in [0.15, 0.2) is 0 Å². The van der Waals surface area contributed by atoms with Crippen molar-refractivity contribution < 1.29 is 0 Å². The van der Waals surface area contributed by atoms with Gasteiger partial charge in [0.25, 0.3) is 0 Å². The Bertz CT molecular complexity index is 1150. The summed E-state index contributed by atoms with van der Waals surface area (Å²) in [5.74, 6) is 7.45. The molecule has 3 aromatic carbocycles. The van der Waals surface area contributed by atoms with E-state index in [1.165, 1.54) is 16.8 Å². The maximum atomic E-state index is 6.41. The minimum atomic E-state index is 0.483. The molecular formula is C25H24N4. The number of hydrazine groups is 1. The van der Waals surface area contributed by atoms with Crippen molar-refractivity contribution in [3.05, 3.63) is 108 Å². The molecule has 4 heteroatoms. The van der Waals surface area contributed by atoms with Gasteiger partial charge in [-0.05, 0) is 41.7 Å². The summed E-state index contributed by atoms with van der Waals surface area (Å²) in [5, 5.41) is 10.6. The van der Waals surface area contributed by atoms with Crippen molar-refractivity contribution in [2.24, 2.45) is 5.84 Å². The van der Waals surface area contributed by atoms with Crippen LogP contribution in [0.1, 0.15) is 35.1 Å². The number of hydrogen-bond acceptors (Lipinski definition) is 3. The number of nitrogens with one attached hydrogen (secondary N) is 1. The first kappa shape index (κ1) is 17.7. The summed E-state index contributed by atoms with van der Waals surface area (Å²) in [5.41, 5.74) is 6.56. The SMILES string of the molecule is C=C(Cc1ccccc1)N(N)c1ccc2n[nH]c(C3CC3c3ccccc3)c2c1. The van der Waals surface area contributed by atoms with Crippen molar-refractivity contribution in [3.63, 3.8) is 0 Å². The molecule has 144 valence electrons. The molecule has 1 aromatic heterocycles. The van der Waals surface area contributed by atoms with Gasteiger partial charge in [0.05, 0.1) is 11.2 Å². The fourth-order valence-electron chi connectivity index (χ4n) is 4.13. The normalized spacial score (nSPS) is 18.0. The van der Waals surface area contributed by atoms with Crippen molar-refractivity contribution in [2.75, 3.05) is 5.01 Å². The number of allylic oxidation sites excluding steroid dienone is 1. The molecule has 1 aliphatic rings. The van der Waals surface area contributed by atoms with Crippen LogP contribution in [-0.4, -0.2) is 10.2 Å². The third-order valence-electron chi connectivity index (χ3n) is 5.83. The average Bonchev–Trinajstić information content (AvgIpc) is 3.45. The van der Waals surface area contributed by atoms with E-state index in [-0.39, 0.29) is 0 Å². The number of H-pyrrole nitrogens is 1. The number of aromatic amines is 1. The first-order valence-electron chi connectivity index (χ1n) is 10.00. The van der Waals surface area contributed by atoms with Crippen molar-refractivity contribution in [2.45, 2.75) is 24.7 Å². The van der Waals surface area contributed by atoms with E-state index < -0.39 is 0 Å². The zero-order valence-corrected chi connectivity index (χ0v) is 16.3. The fourth-order valence-corrected chi connectivity index (χ4v) is 4.13. The number of fused-ring (bicyclic) bond motifs is 1. The predicted molar refractivity (Wildman–Crippen MR) is 119 cm³/mol. The lowest BCUT2D eigenvalue weighted by Gasteiger charge is -2.21. The second-order valence-corrected chi connectivity index (χ2v) is 7.80. The van der Waals surface area contributed by atoms with Crippen LogP contribution in [0, 0.1) is 0 Å². The number of nitrogens with zero attached hydrogens (tertiary/aromatic N) is 2. The van der Waals surface area contributed by atoms with Gasteiger partial charge in [-0.25, -0.2) is 5.84 Å². The van der Waals surface area contributed by atoms with E-state index in [0.29, 0.717) is 18.3 Å². The molecule has 3 N–H and O–H groups in total. The van der Waals surface area contributed by atoms with E-state index in [1.807, 2.05) is 30.3 Å². The maximum Gasteiger partial charge on any atom is 0.0925 e. The van der Waals surface area contributed by atoms with Crippen LogP contribution in [0.4, 0.5) is 5.69 Å². The molecule has 29 heavy (non-hydrogen) atoms. The van der Waals surface area contributed by atoms with E-state index >= 15 is 0 Å². The van der Waals surface area contributed by atoms with E-state index in [0.717, 1.165) is 28.7 Å². The highest BCUT2D eigenvalue weighted by atomic mass is 15.4. The molecule has 4 aromatic rings. The van der Waals surface area contributed by atoms with E-state index in [1.54, 1.807) is 5.01 Å². The zero-order valence-electron chi connectivity index (χ0n) is 16.3. The summed E-state index contributed by atoms with van der Waals surface area (Å²) >= 11 is 0. The zero-order chi connectivity index (χ0) is 19.8. The molecular weight excluding hydrogens is 356 g/mol. The molecule has 1 heterocycles. The summed E-state index contributed by atoms with van der Waals surface area (Å²) in [6.45, 7) is 4.19. The van der Waals surface area contributed by atoms with E-state index in [9.17, 15) is 0 Å². The summed E-state index contributed by atoms with van der Waals surface area (Å²) in [6.07, 6.45) is 1.87. The maximum absolute atomic E-state index is 6.41. The van der Waals surface area contributed by atoms with Crippen molar-refractivity contribution in [1.82, 2.24) is 10.2 Å². The Morgan fingerprint density at radius 2 is 1.72 bits per heavy atom. The molecule has 0 saturated heterocycles. The van der Waals surface area contributed by atoms with Crippen LogP contribution in [0.5, 0.6) is 0 Å². The van der Waals surface area contributed by atoms with Crippen LogP contribution in [-0.2, 0) is 6.42 Å². The van der Waals surface area contributed by atoms with Gasteiger partial charge in [0.2, 0.25) is 0 Å². The molecule has 1 aliphatic carbocycles. The Kier molecular flexibility index (Phi) is 4.41. The van der Waals surface area contributed by atoms with Crippen LogP contribution in [0.2, 0.25) is 0 Å². The van der Waals surface area contributed by atoms with Crippen LogP contribution >= 0.6 is 0 Å². The number of anilines is 1. The Morgan fingerprint density at radius 3 is 2.48 bits per heavy atom. The molecule has 2 unspecified atom stereocenters. The Balaban J connectivity index is 1.39. The summed E-state index contributed by atoms with van der Waals surface area (Å²) < 4.78 is 0. The third kappa shape index (κ3) is 3.43. The number of benzene rings is 3. The summed E-state index contributed by atoms with van der Waals surface area (Å²) in [6, 6.07) is 27.1. The summed E-state index contributed by atoms with van der Waals surface area (Å²) in [4.78, 5) is 0. The lowest BCUT2D eigenvalue weighted by atomic mass is 10.1. The highest BCUT2D eigenvalue weighted by molar-refractivity contribution is 5.86. The van der Waals surface area contributed by atoms with Gasteiger partial charge in [-0.3, -0.25) is 10.1 Å². The standard InChI is InChI=1S/C25H24N4/c1-17(14-18-8-4-2-5-9-18)29(26)20-12-13-24-23(15-20)25(28-27-24)22-16-21(22)19-10-6-3-7-11-19/h2-13,15,21-22H,1,14,16,26H2,(H,27,28). The second-order valence-electron chi connectivity index (χ2n) is 7.80. The average molecular weight is 380 g/mol. The Morgan fingerprint density at radius 1 is 1.00 bits per heavy atom. The quantitative estimate of drug-likeness (QED) is 0.354. The molecule has 0 spiro atoms. The van der Waals surface area contributed by atoms with Gasteiger partial charge < -0.3 is 0 Å². The third-order valence-corrected chi connectivity index (χ3v) is 5.83. The number of nitrogens with two attached hydrogens (primary N) is 1. The molecule has 0 aliphatic heterocycles. The summed E-state index contributed by atoms with van der Waals surface area (Å²) in [7, 11) is 0. The lowest BCUT2D eigenvalue weighted by Crippen LogP contribution is -2.30. The van der Waals surface area contributed by atoms with Crippen LogP contribution in [0.15, 0.2) is 91.1 Å². The van der Waals surface area contributed by atoms with Gasteiger partial charge >= 0.3 is 0 Å². The first-order valence-corrected chi connectivity index (χ1v) is 10.00. The molecule has 0 amide bonds. The molecule has 4 nitrogen and oxygen atoms in total. The van der Waals surface area contributed by atoms with E-state index in [2.05, 4.69) is 65.3 Å². The molecule has 1 fully saturated rings. The Hall–Kier alpha value is -3.37. The van der Waals surface area contributed by atoms with Crippen LogP contribution in [0.25, 0.3) is 10.9 Å². The molecule has 1 saturated carbocycles. The number of rotatable bonds is 6. The predicted octanol–water partition coefficient (Wildman–Crippen LogP) is 5.27. The fraction of sp³-hybridized carbons (Fsp3) is 0.160. The van der Waals surface area contributed by atoms with Gasteiger partial charge in [-0.1, -0.05) is 67.2 Å². The van der Waals surface area contributed by atoms with E-state index in [4.69, 9.17) is 5.84 Å². The van der Waals surface area contributed by atoms with Crippen molar-refractivity contribution in [1.29, 1.82) is 0 Å². The molecule has 5 rings (SSSR count). The van der Waals surface area contributed by atoms with Gasteiger partial charge in [-0.15, -0.1) is 0 Å². The highest BCUT2D eigenvalue weighted by Gasteiger charge is 2.41. The van der Waals surface area contributed by atoms with Gasteiger partial charge in [-0.2, -0.15) is 5.10 Å². The lowest BCUT2D eigenvalue weighted by molar-refractivity contribution is 0.940. The van der Waals surface area contributed by atoms with Gasteiger partial charge in [0, 0.05) is 29.1 Å². The van der Waals surface area contributed by atoms with Crippen molar-refractivity contribution >= 4 is 16.6 Å². The molecule has 0 radical (unpaired) electrons. The molecule has 2 atom stereocenters. The smallest absolute Gasteiger partial charge is 0.0925 e. The Labute approximate surface area is 170 Å². The highest BCUT2D eigenvalue weighted by Crippen LogP contribution is 2.55. The van der Waals surface area contributed by atoms with Crippen LogP contribution < -0.4 is 10.9 Å². The molecule has 0 bridgehead atoms. The van der Waals surface area contributed by atoms with Gasteiger partial charge in [0.1, 0.15) is 0 Å². The largest absolute Gasteiger partial charge is 0.284 e. The minimum Gasteiger partial charge on any atom is -0.284 e. The van der Waals surface area contributed by atoms with Crippen molar-refractivity contribution in [3.8, 4) is 0 Å². The number of aromatic nitrogens is 2.